The summed E-state index contributed by atoms with van der Waals surface area (Å²) in [4.78, 5) is 15.4. The number of anilines is 2. The SMILES string of the molecule is O=C(Nc1ccc(Cc2ccc(NC(O)N3CC3)cc2)cc1)N1CC1. The van der Waals surface area contributed by atoms with E-state index in [1.165, 1.54) is 11.1 Å². The lowest BCUT2D eigenvalue weighted by molar-refractivity contribution is 0.108. The molecular weight excluding hydrogens is 316 g/mol. The molecule has 2 amide bonds. The van der Waals surface area contributed by atoms with Gasteiger partial charge in [0.05, 0.1) is 0 Å². The van der Waals surface area contributed by atoms with Crippen LogP contribution in [0, 0.1) is 0 Å². The molecule has 0 saturated carbocycles. The second-order valence-corrected chi connectivity index (χ2v) is 6.54. The number of nitrogens with zero attached hydrogens (tertiary/aromatic N) is 2. The van der Waals surface area contributed by atoms with Gasteiger partial charge in [-0.05, 0) is 41.8 Å². The van der Waals surface area contributed by atoms with Gasteiger partial charge in [-0.2, -0.15) is 0 Å². The number of carbonyl (C=O) groups is 1. The summed E-state index contributed by atoms with van der Waals surface area (Å²) >= 11 is 0. The van der Waals surface area contributed by atoms with Gasteiger partial charge < -0.3 is 20.6 Å². The molecule has 2 aromatic carbocycles. The maximum absolute atomic E-state index is 11.7. The number of aliphatic hydroxyl groups is 1. The summed E-state index contributed by atoms with van der Waals surface area (Å²) in [6, 6.07) is 16.0. The van der Waals surface area contributed by atoms with Gasteiger partial charge in [0.25, 0.3) is 0 Å². The standard InChI is InChI=1S/C19H22N4O2/c24-18(22-9-10-22)20-16-5-1-14(2-6-16)13-15-3-7-17(8-4-15)21-19(25)23-11-12-23/h1-8,18,20,24H,9-13H2,(H,21,25). The summed E-state index contributed by atoms with van der Waals surface area (Å²) in [6.07, 6.45) is 0.232. The number of amides is 2. The first kappa shape index (κ1) is 15.9. The van der Waals surface area contributed by atoms with Crippen molar-refractivity contribution < 1.29 is 9.90 Å². The van der Waals surface area contributed by atoms with E-state index < -0.39 is 6.35 Å². The number of nitrogens with one attached hydrogen (secondary N) is 2. The van der Waals surface area contributed by atoms with Crippen LogP contribution in [0.4, 0.5) is 16.2 Å². The molecule has 0 bridgehead atoms. The number of rotatable bonds is 6. The molecule has 2 saturated heterocycles. The predicted octanol–water partition coefficient (Wildman–Crippen LogP) is 2.13. The van der Waals surface area contributed by atoms with Gasteiger partial charge in [-0.1, -0.05) is 24.3 Å². The van der Waals surface area contributed by atoms with Crippen LogP contribution in [-0.2, 0) is 6.42 Å². The van der Waals surface area contributed by atoms with Crippen LogP contribution < -0.4 is 10.6 Å². The molecule has 2 fully saturated rings. The van der Waals surface area contributed by atoms with Crippen molar-refractivity contribution in [1.29, 1.82) is 0 Å². The largest absolute Gasteiger partial charge is 0.361 e. The van der Waals surface area contributed by atoms with Gasteiger partial charge in [0, 0.05) is 37.6 Å². The van der Waals surface area contributed by atoms with Crippen molar-refractivity contribution in [3.8, 4) is 0 Å². The van der Waals surface area contributed by atoms with E-state index in [1.54, 1.807) is 4.90 Å². The molecule has 25 heavy (non-hydrogen) atoms. The maximum Gasteiger partial charge on any atom is 0.321 e. The fourth-order valence-corrected chi connectivity index (χ4v) is 2.66. The van der Waals surface area contributed by atoms with E-state index in [0.29, 0.717) is 0 Å². The summed E-state index contributed by atoms with van der Waals surface area (Å²) in [6.45, 7) is 3.59. The van der Waals surface area contributed by atoms with E-state index >= 15 is 0 Å². The molecule has 130 valence electrons. The van der Waals surface area contributed by atoms with Gasteiger partial charge >= 0.3 is 6.03 Å². The minimum absolute atomic E-state index is 0.0273. The highest BCUT2D eigenvalue weighted by Crippen LogP contribution is 2.18. The van der Waals surface area contributed by atoms with Crippen molar-refractivity contribution in [3.63, 3.8) is 0 Å². The second kappa shape index (κ2) is 6.74. The van der Waals surface area contributed by atoms with Crippen LogP contribution in [0.2, 0.25) is 0 Å². The van der Waals surface area contributed by atoms with E-state index in [-0.39, 0.29) is 6.03 Å². The zero-order chi connectivity index (χ0) is 17.2. The average molecular weight is 338 g/mol. The molecule has 0 radical (unpaired) electrons. The first-order valence-electron chi connectivity index (χ1n) is 8.60. The summed E-state index contributed by atoms with van der Waals surface area (Å²) in [5, 5.41) is 15.8. The second-order valence-electron chi connectivity index (χ2n) is 6.54. The highest BCUT2D eigenvalue weighted by Gasteiger charge is 2.25. The molecule has 3 N–H and O–H groups in total. The normalized spacial score (nSPS) is 17.1. The zero-order valence-corrected chi connectivity index (χ0v) is 14.0. The first-order chi connectivity index (χ1) is 12.2. The monoisotopic (exact) mass is 338 g/mol. The molecule has 6 heteroatoms. The number of urea groups is 1. The molecule has 2 aliphatic rings. The lowest BCUT2D eigenvalue weighted by Gasteiger charge is -2.15. The number of carbonyl (C=O) groups excluding carboxylic acids is 1. The Morgan fingerprint density at radius 1 is 0.920 bits per heavy atom. The Hall–Kier alpha value is -2.57. The Labute approximate surface area is 147 Å². The topological polar surface area (TPSA) is 67.4 Å². The van der Waals surface area contributed by atoms with E-state index in [4.69, 9.17) is 0 Å². The quantitative estimate of drug-likeness (QED) is 0.558. The van der Waals surface area contributed by atoms with E-state index in [9.17, 15) is 9.90 Å². The molecular formula is C19H22N4O2. The van der Waals surface area contributed by atoms with Crippen LogP contribution in [-0.4, -0.2) is 53.5 Å². The molecule has 6 nitrogen and oxygen atoms in total. The third kappa shape index (κ3) is 4.29. The molecule has 1 unspecified atom stereocenters. The summed E-state index contributed by atoms with van der Waals surface area (Å²) < 4.78 is 0. The summed E-state index contributed by atoms with van der Waals surface area (Å²) in [5.41, 5.74) is 4.13. The Kier molecular flexibility index (Phi) is 4.29. The number of hydrogen-bond acceptors (Lipinski definition) is 4. The minimum Gasteiger partial charge on any atom is -0.361 e. The Bertz CT molecular complexity index is 737. The van der Waals surface area contributed by atoms with Crippen molar-refractivity contribution in [2.75, 3.05) is 36.8 Å². The number of hydrogen-bond donors (Lipinski definition) is 3. The van der Waals surface area contributed by atoms with Crippen LogP contribution >= 0.6 is 0 Å². The highest BCUT2D eigenvalue weighted by atomic mass is 16.3. The molecule has 2 heterocycles. The van der Waals surface area contributed by atoms with E-state index in [1.807, 2.05) is 41.3 Å². The first-order valence-corrected chi connectivity index (χ1v) is 8.60. The van der Waals surface area contributed by atoms with Gasteiger partial charge in [-0.25, -0.2) is 4.79 Å². The predicted molar refractivity (Wildman–Crippen MR) is 97.5 cm³/mol. The summed E-state index contributed by atoms with van der Waals surface area (Å²) in [5.74, 6) is 0. The van der Waals surface area contributed by atoms with Crippen LogP contribution in [0.5, 0.6) is 0 Å². The summed E-state index contributed by atoms with van der Waals surface area (Å²) in [7, 11) is 0. The Balaban J connectivity index is 1.32. The average Bonchev–Trinajstić information content (AvgIpc) is 3.50. The van der Waals surface area contributed by atoms with Gasteiger partial charge in [0.2, 0.25) is 0 Å². The number of benzene rings is 2. The van der Waals surface area contributed by atoms with Gasteiger partial charge in [0.1, 0.15) is 0 Å². The van der Waals surface area contributed by atoms with Crippen LogP contribution in [0.15, 0.2) is 48.5 Å². The molecule has 1 atom stereocenters. The van der Waals surface area contributed by atoms with Gasteiger partial charge in [-0.3, -0.25) is 4.90 Å². The molecule has 0 spiro atoms. The highest BCUT2D eigenvalue weighted by molar-refractivity contribution is 5.90. The smallest absolute Gasteiger partial charge is 0.321 e. The molecule has 0 aromatic heterocycles. The van der Waals surface area contributed by atoms with Crippen molar-refractivity contribution in [2.24, 2.45) is 0 Å². The molecule has 4 rings (SSSR count). The van der Waals surface area contributed by atoms with Crippen molar-refractivity contribution >= 4 is 17.4 Å². The Morgan fingerprint density at radius 3 is 2.00 bits per heavy atom. The fraction of sp³-hybridized carbons (Fsp3) is 0.316. The fourth-order valence-electron chi connectivity index (χ4n) is 2.66. The lowest BCUT2D eigenvalue weighted by atomic mass is 10.0. The minimum atomic E-state index is -0.597. The van der Waals surface area contributed by atoms with Crippen molar-refractivity contribution in [3.05, 3.63) is 59.7 Å². The van der Waals surface area contributed by atoms with Crippen LogP contribution in [0.3, 0.4) is 0 Å². The van der Waals surface area contributed by atoms with Crippen LogP contribution in [0.1, 0.15) is 11.1 Å². The molecule has 0 aliphatic carbocycles. The van der Waals surface area contributed by atoms with Crippen LogP contribution in [0.25, 0.3) is 0 Å². The third-order valence-electron chi connectivity index (χ3n) is 4.43. The van der Waals surface area contributed by atoms with Crippen molar-refractivity contribution in [2.45, 2.75) is 12.8 Å². The van der Waals surface area contributed by atoms with Gasteiger partial charge in [0.15, 0.2) is 6.35 Å². The zero-order valence-electron chi connectivity index (χ0n) is 14.0. The van der Waals surface area contributed by atoms with E-state index in [2.05, 4.69) is 22.8 Å². The van der Waals surface area contributed by atoms with E-state index in [0.717, 1.165) is 44.0 Å². The molecule has 2 aliphatic heterocycles. The van der Waals surface area contributed by atoms with Crippen molar-refractivity contribution in [1.82, 2.24) is 9.80 Å². The molecule has 2 aromatic rings. The number of aliphatic hydroxyl groups excluding tert-OH is 1. The third-order valence-corrected chi connectivity index (χ3v) is 4.43. The lowest BCUT2D eigenvalue weighted by Crippen LogP contribution is -2.27. The maximum atomic E-state index is 11.7. The Morgan fingerprint density at radius 2 is 1.48 bits per heavy atom. The van der Waals surface area contributed by atoms with Gasteiger partial charge in [-0.15, -0.1) is 0 Å².